The van der Waals surface area contributed by atoms with Gasteiger partial charge in [-0.1, -0.05) is 0 Å². The number of rotatable bonds is 6. The number of carboxylic acid groups (broad SMARTS) is 1. The number of aryl methyl sites for hydroxylation is 2. The van der Waals surface area contributed by atoms with Crippen molar-refractivity contribution in [3.63, 3.8) is 0 Å². The molecule has 4 heterocycles. The minimum atomic E-state index is -0.830. The highest BCUT2D eigenvalue weighted by Gasteiger charge is 2.23. The third-order valence-electron chi connectivity index (χ3n) is 6.55. The number of aliphatic carboxylic acids is 1. The Labute approximate surface area is 197 Å². The van der Waals surface area contributed by atoms with E-state index in [2.05, 4.69) is 4.90 Å². The Hall–Kier alpha value is -3.75. The first-order chi connectivity index (χ1) is 16.5. The molecule has 0 amide bonds. The number of anilines is 1. The van der Waals surface area contributed by atoms with E-state index in [-0.39, 0.29) is 6.42 Å². The smallest absolute Gasteiger partial charge is 0.303 e. The van der Waals surface area contributed by atoms with Crippen molar-refractivity contribution < 1.29 is 14.6 Å². The molecule has 0 bridgehead atoms. The van der Waals surface area contributed by atoms with Crippen LogP contribution in [0, 0.1) is 13.8 Å². The molecule has 4 aromatic rings. The predicted molar refractivity (Wildman–Crippen MR) is 130 cm³/mol. The van der Waals surface area contributed by atoms with E-state index in [0.29, 0.717) is 23.7 Å². The largest absolute Gasteiger partial charge is 0.497 e. The summed E-state index contributed by atoms with van der Waals surface area (Å²) in [6.07, 6.45) is 3.92. The molecule has 0 aliphatic carbocycles. The number of piperidine rings is 1. The normalized spacial score (nSPS) is 14.1. The lowest BCUT2D eigenvalue weighted by Gasteiger charge is -2.26. The van der Waals surface area contributed by atoms with Crippen molar-refractivity contribution in [2.75, 3.05) is 25.1 Å². The molecule has 0 radical (unpaired) electrons. The molecule has 1 aliphatic rings. The number of nitrogens with zero attached hydrogens (tertiary/aromatic N) is 6. The highest BCUT2D eigenvalue weighted by molar-refractivity contribution is 6.01. The number of aromatic nitrogens is 5. The summed E-state index contributed by atoms with van der Waals surface area (Å²) < 4.78 is 7.13. The van der Waals surface area contributed by atoms with E-state index in [1.807, 2.05) is 38.1 Å². The van der Waals surface area contributed by atoms with Crippen molar-refractivity contribution in [3.05, 3.63) is 41.2 Å². The second-order valence-electron chi connectivity index (χ2n) is 8.74. The van der Waals surface area contributed by atoms with Crippen LogP contribution >= 0.6 is 0 Å². The SMILES string of the molecule is COc1ccc(-c2nc(N3CCCCC3)nc3nn4c(C)c(CCC(=O)O)c(C)nc4c23)cc1. The molecule has 1 N–H and O–H groups in total. The first kappa shape index (κ1) is 22.1. The highest BCUT2D eigenvalue weighted by atomic mass is 16.5. The molecule has 1 aliphatic heterocycles. The molecular formula is C25H28N6O3. The van der Waals surface area contributed by atoms with E-state index in [1.54, 1.807) is 11.6 Å². The molecule has 9 nitrogen and oxygen atoms in total. The Morgan fingerprint density at radius 1 is 1.06 bits per heavy atom. The summed E-state index contributed by atoms with van der Waals surface area (Å²) in [6, 6.07) is 7.82. The summed E-state index contributed by atoms with van der Waals surface area (Å²) in [6.45, 7) is 5.73. The maximum Gasteiger partial charge on any atom is 0.303 e. The Balaban J connectivity index is 1.75. The van der Waals surface area contributed by atoms with Crippen molar-refractivity contribution in [2.45, 2.75) is 46.0 Å². The maximum absolute atomic E-state index is 11.2. The van der Waals surface area contributed by atoms with Gasteiger partial charge in [0, 0.05) is 36.5 Å². The first-order valence-corrected chi connectivity index (χ1v) is 11.6. The number of carbonyl (C=O) groups is 1. The predicted octanol–water partition coefficient (Wildman–Crippen LogP) is 3.97. The van der Waals surface area contributed by atoms with Gasteiger partial charge in [-0.25, -0.2) is 14.5 Å². The summed E-state index contributed by atoms with van der Waals surface area (Å²) in [5, 5.41) is 14.8. The minimum Gasteiger partial charge on any atom is -0.497 e. The van der Waals surface area contributed by atoms with Gasteiger partial charge in [-0.2, -0.15) is 4.98 Å². The van der Waals surface area contributed by atoms with Crippen LogP contribution in [0.3, 0.4) is 0 Å². The Morgan fingerprint density at radius 2 is 1.79 bits per heavy atom. The standard InChI is InChI=1S/C25H28N6O3/c1-15-19(11-12-20(32)33)16(2)31-24(26-15)21-22(17-7-9-18(34-3)10-8-17)27-25(28-23(21)29-31)30-13-5-4-6-14-30/h7-10H,4-6,11-14H2,1-3H3,(H,32,33). The molecule has 176 valence electrons. The number of hydrogen-bond acceptors (Lipinski definition) is 7. The van der Waals surface area contributed by atoms with E-state index < -0.39 is 5.97 Å². The third kappa shape index (κ3) is 3.91. The molecule has 34 heavy (non-hydrogen) atoms. The number of methoxy groups -OCH3 is 1. The van der Waals surface area contributed by atoms with Crippen LogP contribution in [0.5, 0.6) is 5.75 Å². The molecule has 3 aromatic heterocycles. The summed E-state index contributed by atoms with van der Waals surface area (Å²) in [7, 11) is 1.65. The zero-order valence-corrected chi connectivity index (χ0v) is 19.7. The van der Waals surface area contributed by atoms with Crippen LogP contribution in [0.15, 0.2) is 24.3 Å². The molecule has 0 unspecified atom stereocenters. The van der Waals surface area contributed by atoms with Crippen LogP contribution in [0.4, 0.5) is 5.95 Å². The molecule has 1 aromatic carbocycles. The molecular weight excluding hydrogens is 432 g/mol. The van der Waals surface area contributed by atoms with Gasteiger partial charge in [-0.3, -0.25) is 4.79 Å². The van der Waals surface area contributed by atoms with Crippen molar-refractivity contribution in [1.29, 1.82) is 0 Å². The highest BCUT2D eigenvalue weighted by Crippen LogP contribution is 2.33. The van der Waals surface area contributed by atoms with Crippen LogP contribution in [-0.2, 0) is 11.2 Å². The van der Waals surface area contributed by atoms with Crippen LogP contribution < -0.4 is 9.64 Å². The Bertz CT molecular complexity index is 1370. The molecule has 0 saturated carbocycles. The van der Waals surface area contributed by atoms with Gasteiger partial charge in [0.25, 0.3) is 0 Å². The van der Waals surface area contributed by atoms with Crippen LogP contribution in [0.2, 0.25) is 0 Å². The zero-order chi connectivity index (χ0) is 23.8. The fourth-order valence-corrected chi connectivity index (χ4v) is 4.70. The summed E-state index contributed by atoms with van der Waals surface area (Å²) in [4.78, 5) is 28.1. The van der Waals surface area contributed by atoms with Gasteiger partial charge in [-0.15, -0.1) is 5.10 Å². The van der Waals surface area contributed by atoms with Gasteiger partial charge in [0.2, 0.25) is 5.95 Å². The van der Waals surface area contributed by atoms with Crippen molar-refractivity contribution in [1.82, 2.24) is 24.6 Å². The third-order valence-corrected chi connectivity index (χ3v) is 6.55. The van der Waals surface area contributed by atoms with E-state index in [9.17, 15) is 4.79 Å². The second-order valence-corrected chi connectivity index (χ2v) is 8.74. The van der Waals surface area contributed by atoms with Crippen molar-refractivity contribution >= 4 is 28.6 Å². The zero-order valence-electron chi connectivity index (χ0n) is 19.7. The Morgan fingerprint density at radius 3 is 2.47 bits per heavy atom. The molecule has 0 atom stereocenters. The number of ether oxygens (including phenoxy) is 1. The van der Waals surface area contributed by atoms with Crippen LogP contribution in [0.25, 0.3) is 27.9 Å². The van der Waals surface area contributed by atoms with Crippen LogP contribution in [-0.4, -0.2) is 55.8 Å². The van der Waals surface area contributed by atoms with E-state index in [4.69, 9.17) is 29.9 Å². The molecule has 5 rings (SSSR count). The number of carboxylic acids is 1. The average Bonchev–Trinajstić information content (AvgIpc) is 3.22. The lowest BCUT2D eigenvalue weighted by atomic mass is 10.1. The van der Waals surface area contributed by atoms with Crippen molar-refractivity contribution in [2.24, 2.45) is 0 Å². The molecule has 9 heteroatoms. The molecule has 1 saturated heterocycles. The number of benzene rings is 1. The Kier molecular flexibility index (Phi) is 5.77. The summed E-state index contributed by atoms with van der Waals surface area (Å²) >= 11 is 0. The first-order valence-electron chi connectivity index (χ1n) is 11.6. The van der Waals surface area contributed by atoms with E-state index in [1.165, 1.54) is 6.42 Å². The fourth-order valence-electron chi connectivity index (χ4n) is 4.70. The topological polar surface area (TPSA) is 106 Å². The lowest BCUT2D eigenvalue weighted by molar-refractivity contribution is -0.136. The number of hydrogen-bond donors (Lipinski definition) is 1. The van der Waals surface area contributed by atoms with Gasteiger partial charge in [0.05, 0.1) is 18.2 Å². The van der Waals surface area contributed by atoms with E-state index in [0.717, 1.165) is 65.3 Å². The summed E-state index contributed by atoms with van der Waals surface area (Å²) in [5.74, 6) is 0.628. The molecule has 1 fully saturated rings. The maximum atomic E-state index is 11.2. The number of fused-ring (bicyclic) bond motifs is 3. The lowest BCUT2D eigenvalue weighted by Crippen LogP contribution is -2.31. The van der Waals surface area contributed by atoms with Crippen molar-refractivity contribution in [3.8, 4) is 17.0 Å². The minimum absolute atomic E-state index is 0.0473. The van der Waals surface area contributed by atoms with E-state index >= 15 is 0 Å². The van der Waals surface area contributed by atoms with Gasteiger partial charge >= 0.3 is 5.97 Å². The second kappa shape index (κ2) is 8.89. The van der Waals surface area contributed by atoms with Gasteiger partial charge in [0.15, 0.2) is 11.3 Å². The quantitative estimate of drug-likeness (QED) is 0.461. The van der Waals surface area contributed by atoms with Gasteiger partial charge in [0.1, 0.15) is 5.75 Å². The average molecular weight is 461 g/mol. The molecule has 0 spiro atoms. The monoisotopic (exact) mass is 460 g/mol. The van der Waals surface area contributed by atoms with Gasteiger partial charge < -0.3 is 14.7 Å². The van der Waals surface area contributed by atoms with Gasteiger partial charge in [-0.05, 0) is 69.4 Å². The fraction of sp³-hybridized carbons (Fsp3) is 0.400. The van der Waals surface area contributed by atoms with Crippen LogP contribution in [0.1, 0.15) is 42.6 Å². The summed E-state index contributed by atoms with van der Waals surface area (Å²) in [5.41, 5.74) is 5.57.